The van der Waals surface area contributed by atoms with Gasteiger partial charge >= 0.3 is 5.97 Å². The normalized spacial score (nSPS) is 13.6. The highest BCUT2D eigenvalue weighted by molar-refractivity contribution is 5.82. The lowest BCUT2D eigenvalue weighted by Gasteiger charge is -2.26. The average molecular weight is 383 g/mol. The predicted molar refractivity (Wildman–Crippen MR) is 103 cm³/mol. The van der Waals surface area contributed by atoms with Crippen LogP contribution in [0.1, 0.15) is 17.5 Å². The molecule has 0 atom stereocenters. The number of nitrogens with zero attached hydrogens (tertiary/aromatic N) is 1. The molecule has 1 heterocycles. The topological polar surface area (TPSA) is 55.8 Å². The summed E-state index contributed by atoms with van der Waals surface area (Å²) in [7, 11) is 1.37. The Balaban J connectivity index is 1.47. The highest BCUT2D eigenvalue weighted by Crippen LogP contribution is 2.22. The quantitative estimate of drug-likeness (QED) is 0.719. The fourth-order valence-corrected chi connectivity index (χ4v) is 3.08. The molecule has 0 fully saturated rings. The number of halogens is 1. The van der Waals surface area contributed by atoms with Crippen LogP contribution in [-0.2, 0) is 20.7 Å². The number of benzene rings is 2. The highest BCUT2D eigenvalue weighted by Gasteiger charge is 2.19. The lowest BCUT2D eigenvalue weighted by Crippen LogP contribution is -2.37. The molecule has 0 radical (unpaired) electrons. The standard InChI is InChI=1S/C22H22FNO4/c1-27-20-8-7-16(13-19(20)23)14-22(26)28-15-21(25)24-11-9-18(10-12-24)17-5-3-2-4-6-17/h2-9,13H,10-12,14-15H2,1H3. The molecular weight excluding hydrogens is 361 g/mol. The molecule has 0 saturated heterocycles. The molecule has 0 aliphatic carbocycles. The van der Waals surface area contributed by atoms with E-state index in [-0.39, 0.29) is 24.7 Å². The van der Waals surface area contributed by atoms with Crippen LogP contribution >= 0.6 is 0 Å². The molecule has 0 aromatic heterocycles. The third-order valence-electron chi connectivity index (χ3n) is 4.63. The minimum atomic E-state index is -0.574. The first-order valence-corrected chi connectivity index (χ1v) is 9.07. The Hall–Kier alpha value is -3.15. The Kier molecular flexibility index (Phi) is 6.42. The smallest absolute Gasteiger partial charge is 0.310 e. The van der Waals surface area contributed by atoms with Crippen molar-refractivity contribution < 1.29 is 23.5 Å². The number of carbonyl (C=O) groups excluding carboxylic acids is 2. The Labute approximate surface area is 163 Å². The Morgan fingerprint density at radius 1 is 1.14 bits per heavy atom. The van der Waals surface area contributed by atoms with Crippen molar-refractivity contribution in [2.75, 3.05) is 26.8 Å². The van der Waals surface area contributed by atoms with Crippen molar-refractivity contribution in [3.05, 3.63) is 71.6 Å². The van der Waals surface area contributed by atoms with E-state index in [0.29, 0.717) is 18.7 Å². The second-order valence-electron chi connectivity index (χ2n) is 6.49. The van der Waals surface area contributed by atoms with E-state index in [1.54, 1.807) is 11.0 Å². The van der Waals surface area contributed by atoms with Crippen molar-refractivity contribution in [3.63, 3.8) is 0 Å². The van der Waals surface area contributed by atoms with E-state index in [1.807, 2.05) is 36.4 Å². The number of hydrogen-bond acceptors (Lipinski definition) is 4. The predicted octanol–water partition coefficient (Wildman–Crippen LogP) is 3.24. The van der Waals surface area contributed by atoms with Crippen LogP contribution in [0.5, 0.6) is 5.75 Å². The minimum Gasteiger partial charge on any atom is -0.494 e. The van der Waals surface area contributed by atoms with Gasteiger partial charge in [0.1, 0.15) is 0 Å². The van der Waals surface area contributed by atoms with Crippen LogP contribution in [0.15, 0.2) is 54.6 Å². The maximum absolute atomic E-state index is 13.7. The van der Waals surface area contributed by atoms with Gasteiger partial charge in [0, 0.05) is 13.1 Å². The summed E-state index contributed by atoms with van der Waals surface area (Å²) in [6, 6.07) is 14.3. The summed E-state index contributed by atoms with van der Waals surface area (Å²) in [6.45, 7) is 0.761. The number of methoxy groups -OCH3 is 1. The van der Waals surface area contributed by atoms with Gasteiger partial charge in [0.05, 0.1) is 13.5 Å². The number of hydrogen-bond donors (Lipinski definition) is 0. The third kappa shape index (κ3) is 4.97. The van der Waals surface area contributed by atoms with Gasteiger partial charge in [0.25, 0.3) is 5.91 Å². The van der Waals surface area contributed by atoms with Crippen LogP contribution < -0.4 is 4.74 Å². The molecule has 0 N–H and O–H groups in total. The summed E-state index contributed by atoms with van der Waals surface area (Å²) < 4.78 is 23.6. The van der Waals surface area contributed by atoms with Crippen molar-refractivity contribution in [2.24, 2.45) is 0 Å². The number of rotatable bonds is 6. The van der Waals surface area contributed by atoms with Gasteiger partial charge in [0.2, 0.25) is 0 Å². The van der Waals surface area contributed by atoms with Gasteiger partial charge in [-0.25, -0.2) is 4.39 Å². The molecule has 0 saturated carbocycles. The molecule has 0 unspecified atom stereocenters. The summed E-state index contributed by atoms with van der Waals surface area (Å²) in [5.41, 5.74) is 2.83. The molecular formula is C22H22FNO4. The van der Waals surface area contributed by atoms with Crippen LogP contribution in [0.2, 0.25) is 0 Å². The van der Waals surface area contributed by atoms with Gasteiger partial charge in [-0.1, -0.05) is 42.5 Å². The molecule has 0 bridgehead atoms. The molecule has 6 heteroatoms. The van der Waals surface area contributed by atoms with Gasteiger partial charge in [-0.15, -0.1) is 0 Å². The Morgan fingerprint density at radius 2 is 1.93 bits per heavy atom. The molecule has 3 rings (SSSR count). The van der Waals surface area contributed by atoms with E-state index < -0.39 is 11.8 Å². The summed E-state index contributed by atoms with van der Waals surface area (Å²) in [4.78, 5) is 25.9. The monoisotopic (exact) mass is 383 g/mol. The van der Waals surface area contributed by atoms with E-state index in [4.69, 9.17) is 9.47 Å². The molecule has 2 aromatic carbocycles. The van der Waals surface area contributed by atoms with E-state index in [1.165, 1.54) is 24.8 Å². The number of carbonyl (C=O) groups is 2. The molecule has 5 nitrogen and oxygen atoms in total. The lowest BCUT2D eigenvalue weighted by atomic mass is 10.00. The fraction of sp³-hybridized carbons (Fsp3) is 0.273. The lowest BCUT2D eigenvalue weighted by molar-refractivity contribution is -0.151. The first kappa shape index (κ1) is 19.6. The summed E-state index contributed by atoms with van der Waals surface area (Å²) in [6.07, 6.45) is 2.68. The van der Waals surface area contributed by atoms with Crippen molar-refractivity contribution >= 4 is 17.4 Å². The van der Waals surface area contributed by atoms with E-state index in [2.05, 4.69) is 0 Å². The molecule has 1 aliphatic heterocycles. The maximum atomic E-state index is 13.7. The average Bonchev–Trinajstić information content (AvgIpc) is 2.73. The van der Waals surface area contributed by atoms with Crippen LogP contribution in [0, 0.1) is 5.82 Å². The van der Waals surface area contributed by atoms with E-state index >= 15 is 0 Å². The number of ether oxygens (including phenoxy) is 2. The molecule has 0 spiro atoms. The van der Waals surface area contributed by atoms with E-state index in [9.17, 15) is 14.0 Å². The molecule has 28 heavy (non-hydrogen) atoms. The van der Waals surface area contributed by atoms with Crippen molar-refractivity contribution in [3.8, 4) is 5.75 Å². The second kappa shape index (κ2) is 9.17. The number of amides is 1. The summed E-state index contributed by atoms with van der Waals surface area (Å²) >= 11 is 0. The first-order chi connectivity index (χ1) is 13.6. The van der Waals surface area contributed by atoms with Crippen molar-refractivity contribution in [2.45, 2.75) is 12.8 Å². The van der Waals surface area contributed by atoms with Crippen LogP contribution in [0.4, 0.5) is 4.39 Å². The number of esters is 1. The largest absolute Gasteiger partial charge is 0.494 e. The minimum absolute atomic E-state index is 0.105. The molecule has 1 aliphatic rings. The Morgan fingerprint density at radius 3 is 2.57 bits per heavy atom. The van der Waals surface area contributed by atoms with Gasteiger partial charge in [-0.05, 0) is 35.3 Å². The van der Waals surface area contributed by atoms with Gasteiger partial charge in [0.15, 0.2) is 18.2 Å². The zero-order valence-corrected chi connectivity index (χ0v) is 15.7. The zero-order chi connectivity index (χ0) is 19.9. The maximum Gasteiger partial charge on any atom is 0.310 e. The third-order valence-corrected chi connectivity index (χ3v) is 4.63. The SMILES string of the molecule is COc1ccc(CC(=O)OCC(=O)N2CC=C(c3ccccc3)CC2)cc1F. The van der Waals surface area contributed by atoms with Gasteiger partial charge in [-0.2, -0.15) is 0 Å². The highest BCUT2D eigenvalue weighted by atomic mass is 19.1. The van der Waals surface area contributed by atoms with Gasteiger partial charge in [-0.3, -0.25) is 9.59 Å². The van der Waals surface area contributed by atoms with Crippen molar-refractivity contribution in [1.29, 1.82) is 0 Å². The zero-order valence-electron chi connectivity index (χ0n) is 15.7. The second-order valence-corrected chi connectivity index (χ2v) is 6.49. The van der Waals surface area contributed by atoms with Crippen LogP contribution in [0.25, 0.3) is 5.57 Å². The molecule has 2 aromatic rings. The first-order valence-electron chi connectivity index (χ1n) is 9.07. The molecule has 1 amide bonds. The van der Waals surface area contributed by atoms with Gasteiger partial charge < -0.3 is 14.4 Å². The van der Waals surface area contributed by atoms with Crippen LogP contribution in [-0.4, -0.2) is 43.6 Å². The Bertz CT molecular complexity index is 879. The van der Waals surface area contributed by atoms with E-state index in [0.717, 1.165) is 12.0 Å². The van der Waals surface area contributed by atoms with Crippen LogP contribution in [0.3, 0.4) is 0 Å². The summed E-state index contributed by atoms with van der Waals surface area (Å²) in [5, 5.41) is 0. The fourth-order valence-electron chi connectivity index (χ4n) is 3.08. The van der Waals surface area contributed by atoms with Crippen molar-refractivity contribution in [1.82, 2.24) is 4.90 Å². The summed E-state index contributed by atoms with van der Waals surface area (Å²) in [5.74, 6) is -1.24. The molecule has 146 valence electrons.